The Kier molecular flexibility index (Phi) is 4.27. The fraction of sp³-hybridized carbons (Fsp3) is 0.533. The molecule has 1 amide bonds. The van der Waals surface area contributed by atoms with Crippen LogP contribution in [0.1, 0.15) is 31.2 Å². The van der Waals surface area contributed by atoms with Gasteiger partial charge in [0, 0.05) is 17.5 Å². The van der Waals surface area contributed by atoms with E-state index >= 15 is 0 Å². The third kappa shape index (κ3) is 3.15. The summed E-state index contributed by atoms with van der Waals surface area (Å²) in [6, 6.07) is 3.95. The molecule has 1 aromatic rings. The Bertz CT molecular complexity index is 512. The highest BCUT2D eigenvalue weighted by molar-refractivity contribution is 9.10. The van der Waals surface area contributed by atoms with E-state index < -0.39 is 0 Å². The van der Waals surface area contributed by atoms with Gasteiger partial charge in [0.1, 0.15) is 12.4 Å². The van der Waals surface area contributed by atoms with Gasteiger partial charge in [-0.15, -0.1) is 0 Å². The minimum absolute atomic E-state index is 0.0542. The van der Waals surface area contributed by atoms with Gasteiger partial charge in [-0.25, -0.2) is 0 Å². The lowest BCUT2D eigenvalue weighted by molar-refractivity contribution is -0.116. The van der Waals surface area contributed by atoms with E-state index in [1.54, 1.807) is 0 Å². The Morgan fingerprint density at radius 2 is 2.25 bits per heavy atom. The summed E-state index contributed by atoms with van der Waals surface area (Å²) in [6.45, 7) is 1.36. The highest BCUT2D eigenvalue weighted by Gasteiger charge is 2.21. The molecule has 2 heterocycles. The number of halogens is 1. The van der Waals surface area contributed by atoms with Crippen LogP contribution in [0.3, 0.4) is 0 Å². The van der Waals surface area contributed by atoms with Crippen LogP contribution in [0, 0.1) is 0 Å². The van der Waals surface area contributed by atoms with E-state index in [9.17, 15) is 4.79 Å². The molecule has 108 valence electrons. The first-order valence-electron chi connectivity index (χ1n) is 7.09. The van der Waals surface area contributed by atoms with Crippen LogP contribution in [0.5, 0.6) is 5.75 Å². The number of carbonyl (C=O) groups is 1. The SMILES string of the molecule is O=C1CCc2cc(Br)cc(OCC3CCCCO3)c2N1. The smallest absolute Gasteiger partial charge is 0.224 e. The number of rotatable bonds is 3. The maximum absolute atomic E-state index is 11.6. The van der Waals surface area contributed by atoms with Crippen LogP contribution in [-0.2, 0) is 16.0 Å². The molecule has 20 heavy (non-hydrogen) atoms. The molecule has 0 radical (unpaired) electrons. The van der Waals surface area contributed by atoms with Crippen molar-refractivity contribution in [1.82, 2.24) is 0 Å². The monoisotopic (exact) mass is 339 g/mol. The molecule has 2 aliphatic heterocycles. The predicted octanol–water partition coefficient (Wildman–Crippen LogP) is 3.28. The van der Waals surface area contributed by atoms with Crippen LogP contribution in [0.2, 0.25) is 0 Å². The number of amides is 1. The number of hydrogen-bond donors (Lipinski definition) is 1. The van der Waals surface area contributed by atoms with Crippen LogP contribution in [0.25, 0.3) is 0 Å². The van der Waals surface area contributed by atoms with E-state index in [0.29, 0.717) is 13.0 Å². The lowest BCUT2D eigenvalue weighted by Crippen LogP contribution is -2.26. The van der Waals surface area contributed by atoms with Crippen LogP contribution < -0.4 is 10.1 Å². The Hall–Kier alpha value is -1.07. The van der Waals surface area contributed by atoms with Gasteiger partial charge in [-0.2, -0.15) is 0 Å². The van der Waals surface area contributed by atoms with Gasteiger partial charge in [0.2, 0.25) is 5.91 Å². The van der Waals surface area contributed by atoms with E-state index in [-0.39, 0.29) is 12.0 Å². The van der Waals surface area contributed by atoms with Crippen molar-refractivity contribution in [2.75, 3.05) is 18.5 Å². The van der Waals surface area contributed by atoms with Crippen LogP contribution in [-0.4, -0.2) is 25.2 Å². The van der Waals surface area contributed by atoms with Crippen molar-refractivity contribution in [3.05, 3.63) is 22.2 Å². The van der Waals surface area contributed by atoms with Crippen molar-refractivity contribution in [3.8, 4) is 5.75 Å². The van der Waals surface area contributed by atoms with Crippen molar-refractivity contribution in [1.29, 1.82) is 0 Å². The quantitative estimate of drug-likeness (QED) is 0.919. The summed E-state index contributed by atoms with van der Waals surface area (Å²) in [5.41, 5.74) is 1.94. The lowest BCUT2D eigenvalue weighted by Gasteiger charge is -2.25. The van der Waals surface area contributed by atoms with E-state index in [1.165, 1.54) is 6.42 Å². The number of carbonyl (C=O) groups excluding carboxylic acids is 1. The van der Waals surface area contributed by atoms with E-state index in [4.69, 9.17) is 9.47 Å². The third-order valence-electron chi connectivity index (χ3n) is 3.73. The fourth-order valence-electron chi connectivity index (χ4n) is 2.66. The molecule has 1 aromatic carbocycles. The summed E-state index contributed by atoms with van der Waals surface area (Å²) < 4.78 is 12.6. The number of ether oxygens (including phenoxy) is 2. The van der Waals surface area contributed by atoms with Crippen molar-refractivity contribution in [2.45, 2.75) is 38.2 Å². The van der Waals surface area contributed by atoms with Crippen molar-refractivity contribution >= 4 is 27.5 Å². The molecule has 3 rings (SSSR count). The lowest BCUT2D eigenvalue weighted by atomic mass is 10.0. The van der Waals surface area contributed by atoms with E-state index in [1.807, 2.05) is 12.1 Å². The molecule has 0 bridgehead atoms. The summed E-state index contributed by atoms with van der Waals surface area (Å²) in [7, 11) is 0. The van der Waals surface area contributed by atoms with Crippen molar-refractivity contribution in [2.24, 2.45) is 0 Å². The zero-order valence-corrected chi connectivity index (χ0v) is 12.9. The van der Waals surface area contributed by atoms with Crippen LogP contribution in [0.15, 0.2) is 16.6 Å². The van der Waals surface area contributed by atoms with Crippen molar-refractivity contribution in [3.63, 3.8) is 0 Å². The second kappa shape index (κ2) is 6.14. The Labute approximate surface area is 127 Å². The second-order valence-corrected chi connectivity index (χ2v) is 6.20. The number of nitrogens with one attached hydrogen (secondary N) is 1. The fourth-order valence-corrected chi connectivity index (χ4v) is 3.14. The first-order chi connectivity index (χ1) is 9.72. The zero-order chi connectivity index (χ0) is 13.9. The average Bonchev–Trinajstić information content (AvgIpc) is 2.46. The number of aryl methyl sites for hydroxylation is 1. The van der Waals surface area contributed by atoms with Gasteiger partial charge in [-0.1, -0.05) is 15.9 Å². The third-order valence-corrected chi connectivity index (χ3v) is 4.19. The molecule has 0 aromatic heterocycles. The second-order valence-electron chi connectivity index (χ2n) is 5.29. The van der Waals surface area contributed by atoms with Gasteiger partial charge in [-0.3, -0.25) is 4.79 Å². The normalized spacial score (nSPS) is 22.1. The summed E-state index contributed by atoms with van der Waals surface area (Å²) in [5.74, 6) is 0.787. The molecule has 0 aliphatic carbocycles. The topological polar surface area (TPSA) is 47.6 Å². The summed E-state index contributed by atoms with van der Waals surface area (Å²) in [4.78, 5) is 11.6. The summed E-state index contributed by atoms with van der Waals surface area (Å²) >= 11 is 3.50. The van der Waals surface area contributed by atoms with Crippen molar-refractivity contribution < 1.29 is 14.3 Å². The Balaban J connectivity index is 1.74. The number of fused-ring (bicyclic) bond motifs is 1. The van der Waals surface area contributed by atoms with E-state index in [2.05, 4.69) is 21.2 Å². The summed E-state index contributed by atoms with van der Waals surface area (Å²) in [6.07, 6.45) is 4.84. The predicted molar refractivity (Wildman–Crippen MR) is 80.2 cm³/mol. The molecule has 1 atom stereocenters. The molecule has 0 saturated carbocycles. The van der Waals surface area contributed by atoms with Gasteiger partial charge in [0.25, 0.3) is 0 Å². The molecule has 1 N–H and O–H groups in total. The molecular weight excluding hydrogens is 322 g/mol. The first-order valence-corrected chi connectivity index (χ1v) is 7.88. The average molecular weight is 340 g/mol. The highest BCUT2D eigenvalue weighted by atomic mass is 79.9. The molecule has 2 aliphatic rings. The Morgan fingerprint density at radius 1 is 1.35 bits per heavy atom. The minimum Gasteiger partial charge on any atom is -0.489 e. The Morgan fingerprint density at radius 3 is 3.05 bits per heavy atom. The highest BCUT2D eigenvalue weighted by Crippen LogP contribution is 2.36. The molecule has 1 fully saturated rings. The molecule has 4 nitrogen and oxygen atoms in total. The molecule has 1 saturated heterocycles. The van der Waals surface area contributed by atoms with Gasteiger partial charge in [0.05, 0.1) is 11.8 Å². The van der Waals surface area contributed by atoms with Crippen LogP contribution in [0.4, 0.5) is 5.69 Å². The largest absolute Gasteiger partial charge is 0.489 e. The molecule has 0 spiro atoms. The van der Waals surface area contributed by atoms with Gasteiger partial charge >= 0.3 is 0 Å². The minimum atomic E-state index is 0.0542. The molecule has 1 unspecified atom stereocenters. The number of hydrogen-bond acceptors (Lipinski definition) is 3. The zero-order valence-electron chi connectivity index (χ0n) is 11.3. The van der Waals surface area contributed by atoms with Gasteiger partial charge < -0.3 is 14.8 Å². The van der Waals surface area contributed by atoms with Gasteiger partial charge in [-0.05, 0) is 43.4 Å². The molecule has 5 heteroatoms. The number of benzene rings is 1. The van der Waals surface area contributed by atoms with Crippen LogP contribution >= 0.6 is 15.9 Å². The maximum Gasteiger partial charge on any atom is 0.224 e. The van der Waals surface area contributed by atoms with Gasteiger partial charge in [0.15, 0.2) is 0 Å². The number of anilines is 1. The molecular formula is C15H18BrNO3. The maximum atomic E-state index is 11.6. The first kappa shape index (κ1) is 13.9. The summed E-state index contributed by atoms with van der Waals surface area (Å²) in [5, 5.41) is 2.92. The van der Waals surface area contributed by atoms with E-state index in [0.717, 1.165) is 47.3 Å². The standard InChI is InChI=1S/C15H18BrNO3/c16-11-7-10-4-5-14(18)17-15(10)13(8-11)20-9-12-3-1-2-6-19-12/h7-8,12H,1-6,9H2,(H,17,18).